The molecule has 0 atom stereocenters. The first-order chi connectivity index (χ1) is 10.6. The van der Waals surface area contributed by atoms with E-state index in [0.717, 1.165) is 5.56 Å². The van der Waals surface area contributed by atoms with Crippen molar-refractivity contribution in [3.63, 3.8) is 0 Å². The van der Waals surface area contributed by atoms with Crippen LogP contribution in [0.15, 0.2) is 54.6 Å². The maximum Gasteiger partial charge on any atom is 0.303 e. The smallest absolute Gasteiger partial charge is 0.303 e. The van der Waals surface area contributed by atoms with Gasteiger partial charge in [0.25, 0.3) is 0 Å². The highest BCUT2D eigenvalue weighted by atomic mass is 16.5. The lowest BCUT2D eigenvalue weighted by Gasteiger charge is -2.09. The van der Waals surface area contributed by atoms with E-state index in [0.29, 0.717) is 18.0 Å². The number of anilines is 1. The van der Waals surface area contributed by atoms with E-state index in [1.54, 1.807) is 24.3 Å². The number of carbonyl (C=O) groups excluding carboxylic acids is 1. The van der Waals surface area contributed by atoms with Crippen molar-refractivity contribution in [1.29, 1.82) is 0 Å². The van der Waals surface area contributed by atoms with E-state index >= 15 is 0 Å². The van der Waals surface area contributed by atoms with Crippen LogP contribution in [0.25, 0.3) is 0 Å². The summed E-state index contributed by atoms with van der Waals surface area (Å²) in [6.45, 7) is 0.442. The van der Waals surface area contributed by atoms with Crippen molar-refractivity contribution in [2.24, 2.45) is 0 Å². The number of hydrogen-bond donors (Lipinski definition) is 2. The van der Waals surface area contributed by atoms with Gasteiger partial charge in [0.1, 0.15) is 12.4 Å². The first-order valence-corrected chi connectivity index (χ1v) is 6.92. The normalized spacial score (nSPS) is 10.0. The number of ether oxygens (including phenoxy) is 1. The van der Waals surface area contributed by atoms with Crippen LogP contribution < -0.4 is 10.1 Å². The third-order valence-electron chi connectivity index (χ3n) is 2.93. The van der Waals surface area contributed by atoms with Crippen molar-refractivity contribution < 1.29 is 19.4 Å². The Hall–Kier alpha value is -2.82. The van der Waals surface area contributed by atoms with Crippen molar-refractivity contribution >= 4 is 17.6 Å². The maximum absolute atomic E-state index is 11.6. The fourth-order valence-corrected chi connectivity index (χ4v) is 1.85. The summed E-state index contributed by atoms with van der Waals surface area (Å²) in [6, 6.07) is 16.8. The van der Waals surface area contributed by atoms with E-state index in [2.05, 4.69) is 5.32 Å². The molecule has 0 saturated carbocycles. The highest BCUT2D eigenvalue weighted by molar-refractivity contribution is 5.92. The second kappa shape index (κ2) is 7.83. The lowest BCUT2D eigenvalue weighted by molar-refractivity contribution is -0.138. The van der Waals surface area contributed by atoms with Gasteiger partial charge < -0.3 is 15.2 Å². The molecule has 0 unspecified atom stereocenters. The third kappa shape index (κ3) is 5.28. The molecular weight excluding hydrogens is 282 g/mol. The first-order valence-electron chi connectivity index (χ1n) is 6.92. The summed E-state index contributed by atoms with van der Waals surface area (Å²) < 4.78 is 5.67. The van der Waals surface area contributed by atoms with Gasteiger partial charge in [0.15, 0.2) is 0 Å². The maximum atomic E-state index is 11.6. The zero-order valence-corrected chi connectivity index (χ0v) is 12.0. The largest absolute Gasteiger partial charge is 0.489 e. The van der Waals surface area contributed by atoms with E-state index < -0.39 is 5.97 Å². The van der Waals surface area contributed by atoms with E-state index in [1.165, 1.54) is 0 Å². The number of rotatable bonds is 7. The van der Waals surface area contributed by atoms with Gasteiger partial charge in [0.2, 0.25) is 5.91 Å². The minimum Gasteiger partial charge on any atom is -0.489 e. The fourth-order valence-electron chi connectivity index (χ4n) is 1.85. The summed E-state index contributed by atoms with van der Waals surface area (Å²) in [4.78, 5) is 22.0. The van der Waals surface area contributed by atoms with Crippen molar-refractivity contribution in [2.45, 2.75) is 19.4 Å². The number of carboxylic acids is 1. The van der Waals surface area contributed by atoms with E-state index in [4.69, 9.17) is 9.84 Å². The average Bonchev–Trinajstić information content (AvgIpc) is 2.52. The lowest BCUT2D eigenvalue weighted by Crippen LogP contribution is -2.13. The molecule has 0 aromatic heterocycles. The Morgan fingerprint density at radius 2 is 1.77 bits per heavy atom. The topological polar surface area (TPSA) is 75.6 Å². The SMILES string of the molecule is O=C(O)CCC(=O)Nc1cccc(OCc2ccccc2)c1. The molecule has 5 nitrogen and oxygen atoms in total. The van der Waals surface area contributed by atoms with E-state index in [-0.39, 0.29) is 18.7 Å². The Morgan fingerprint density at radius 3 is 2.50 bits per heavy atom. The summed E-state index contributed by atoms with van der Waals surface area (Å²) in [5.74, 6) is -0.683. The standard InChI is InChI=1S/C17H17NO4/c19-16(9-10-17(20)21)18-14-7-4-8-15(11-14)22-12-13-5-2-1-3-6-13/h1-8,11H,9-10,12H2,(H,18,19)(H,20,21). The number of benzene rings is 2. The molecule has 114 valence electrons. The number of carboxylic acid groups (broad SMARTS) is 1. The number of carbonyl (C=O) groups is 2. The molecule has 0 fully saturated rings. The molecule has 2 aromatic rings. The van der Waals surface area contributed by atoms with Crippen LogP contribution in [-0.2, 0) is 16.2 Å². The van der Waals surface area contributed by atoms with Gasteiger partial charge >= 0.3 is 5.97 Å². The van der Waals surface area contributed by atoms with E-state index in [1.807, 2.05) is 30.3 Å². The van der Waals surface area contributed by atoms with Crippen LogP contribution in [0.3, 0.4) is 0 Å². The second-order valence-corrected chi connectivity index (χ2v) is 4.74. The summed E-state index contributed by atoms with van der Waals surface area (Å²) >= 11 is 0. The van der Waals surface area contributed by atoms with Crippen LogP contribution in [0.5, 0.6) is 5.75 Å². The van der Waals surface area contributed by atoms with Crippen LogP contribution >= 0.6 is 0 Å². The number of hydrogen-bond acceptors (Lipinski definition) is 3. The highest BCUT2D eigenvalue weighted by Gasteiger charge is 2.06. The molecule has 0 heterocycles. The van der Waals surface area contributed by atoms with Crippen molar-refractivity contribution in [1.82, 2.24) is 0 Å². The Kier molecular flexibility index (Phi) is 5.54. The zero-order chi connectivity index (χ0) is 15.8. The molecule has 0 radical (unpaired) electrons. The van der Waals surface area contributed by atoms with Crippen molar-refractivity contribution in [3.05, 3.63) is 60.2 Å². The molecule has 2 aromatic carbocycles. The number of amides is 1. The zero-order valence-electron chi connectivity index (χ0n) is 12.0. The average molecular weight is 299 g/mol. The van der Waals surface area contributed by atoms with Gasteiger partial charge in [-0.1, -0.05) is 36.4 Å². The Balaban J connectivity index is 1.89. The molecule has 2 rings (SSSR count). The monoisotopic (exact) mass is 299 g/mol. The summed E-state index contributed by atoms with van der Waals surface area (Å²) in [6.07, 6.45) is -0.236. The first kappa shape index (κ1) is 15.6. The van der Waals surface area contributed by atoms with Gasteiger partial charge in [-0.2, -0.15) is 0 Å². The fraction of sp³-hybridized carbons (Fsp3) is 0.176. The van der Waals surface area contributed by atoms with Gasteiger partial charge in [0, 0.05) is 18.2 Å². The Bertz CT molecular complexity index is 640. The predicted octanol–water partition coefficient (Wildman–Crippen LogP) is 3.07. The Morgan fingerprint density at radius 1 is 1.00 bits per heavy atom. The molecule has 22 heavy (non-hydrogen) atoms. The van der Waals surface area contributed by atoms with Crippen molar-refractivity contribution in [3.8, 4) is 5.75 Å². The third-order valence-corrected chi connectivity index (χ3v) is 2.93. The van der Waals surface area contributed by atoms with Crippen LogP contribution in [0.2, 0.25) is 0 Å². The summed E-state index contributed by atoms with van der Waals surface area (Å²) in [5, 5.41) is 11.2. The second-order valence-electron chi connectivity index (χ2n) is 4.74. The number of nitrogens with one attached hydrogen (secondary N) is 1. The van der Waals surface area contributed by atoms with Gasteiger partial charge in [-0.15, -0.1) is 0 Å². The minimum atomic E-state index is -0.991. The van der Waals surface area contributed by atoms with Gasteiger partial charge in [-0.3, -0.25) is 9.59 Å². The molecule has 0 aliphatic heterocycles. The van der Waals surface area contributed by atoms with Gasteiger partial charge in [-0.05, 0) is 17.7 Å². The van der Waals surface area contributed by atoms with Gasteiger partial charge in [-0.25, -0.2) is 0 Å². The quantitative estimate of drug-likeness (QED) is 0.824. The van der Waals surface area contributed by atoms with Gasteiger partial charge in [0.05, 0.1) is 6.42 Å². The molecule has 2 N–H and O–H groups in total. The molecule has 0 aliphatic carbocycles. The number of aliphatic carboxylic acids is 1. The minimum absolute atomic E-state index is 0.0512. The predicted molar refractivity (Wildman–Crippen MR) is 82.7 cm³/mol. The molecule has 0 bridgehead atoms. The van der Waals surface area contributed by atoms with Crippen LogP contribution in [0.4, 0.5) is 5.69 Å². The summed E-state index contributed by atoms with van der Waals surface area (Å²) in [7, 11) is 0. The highest BCUT2D eigenvalue weighted by Crippen LogP contribution is 2.19. The molecular formula is C17H17NO4. The lowest BCUT2D eigenvalue weighted by atomic mass is 10.2. The van der Waals surface area contributed by atoms with Crippen LogP contribution in [0.1, 0.15) is 18.4 Å². The molecule has 5 heteroatoms. The molecule has 0 aliphatic rings. The molecule has 0 saturated heterocycles. The van der Waals surface area contributed by atoms with Crippen LogP contribution in [-0.4, -0.2) is 17.0 Å². The van der Waals surface area contributed by atoms with Crippen LogP contribution in [0, 0.1) is 0 Å². The summed E-state index contributed by atoms with van der Waals surface area (Å²) in [5.41, 5.74) is 1.64. The van der Waals surface area contributed by atoms with Crippen molar-refractivity contribution in [2.75, 3.05) is 5.32 Å². The molecule has 1 amide bonds. The van der Waals surface area contributed by atoms with E-state index in [9.17, 15) is 9.59 Å². The Labute approximate surface area is 128 Å². The molecule has 0 spiro atoms.